The zero-order chi connectivity index (χ0) is 12.2. The molecule has 1 saturated carbocycles. The van der Waals surface area contributed by atoms with Crippen molar-refractivity contribution in [3.05, 3.63) is 11.3 Å². The Kier molecular flexibility index (Phi) is 2.67. The van der Waals surface area contributed by atoms with Crippen molar-refractivity contribution in [1.29, 1.82) is 0 Å². The molecule has 1 aliphatic carbocycles. The van der Waals surface area contributed by atoms with Crippen LogP contribution in [0, 0.1) is 0 Å². The normalized spacial score (nSPS) is 29.1. The van der Waals surface area contributed by atoms with Crippen molar-refractivity contribution in [2.24, 2.45) is 0 Å². The number of hydrogen-bond donors (Lipinski definition) is 0. The Labute approximate surface area is 101 Å². The quantitative estimate of drug-likeness (QED) is 0.561. The first-order valence-corrected chi connectivity index (χ1v) is 8.55. The van der Waals surface area contributed by atoms with Gasteiger partial charge in [-0.2, -0.15) is 0 Å². The first-order valence-electron chi connectivity index (χ1n) is 6.57. The largest absolute Gasteiger partial charge is 0.405 e. The Morgan fingerprint density at radius 3 is 2.12 bits per heavy atom. The summed E-state index contributed by atoms with van der Waals surface area (Å²) in [6, 6.07) is 0. The molecule has 2 rings (SSSR count). The molecule has 92 valence electrons. The molecule has 0 aromatic heterocycles. The van der Waals surface area contributed by atoms with Gasteiger partial charge < -0.3 is 4.43 Å². The first kappa shape index (κ1) is 12.4. The van der Waals surface area contributed by atoms with Gasteiger partial charge in [0.25, 0.3) is 0 Å². The van der Waals surface area contributed by atoms with Gasteiger partial charge in [0.15, 0.2) is 0 Å². The smallest absolute Gasteiger partial charge is 0.228 e. The maximum absolute atomic E-state index is 6.65. The third kappa shape index (κ3) is 1.62. The lowest BCUT2D eigenvalue weighted by atomic mass is 10.2. The van der Waals surface area contributed by atoms with Crippen LogP contribution in [-0.4, -0.2) is 14.4 Å². The molecule has 0 amide bonds. The van der Waals surface area contributed by atoms with Crippen LogP contribution in [0.25, 0.3) is 0 Å². The average Bonchev–Trinajstić information content (AvgIpc) is 2.53. The highest BCUT2D eigenvalue weighted by molar-refractivity contribution is 6.84. The van der Waals surface area contributed by atoms with E-state index < -0.39 is 8.32 Å². The summed E-state index contributed by atoms with van der Waals surface area (Å²) in [5.74, 6) is 0. The van der Waals surface area contributed by atoms with Crippen molar-refractivity contribution in [1.82, 2.24) is 0 Å². The highest BCUT2D eigenvalue weighted by atomic mass is 28.4. The fourth-order valence-corrected chi connectivity index (χ4v) is 9.03. The molecule has 1 heterocycles. The second-order valence-electron chi connectivity index (χ2n) is 7.45. The summed E-state index contributed by atoms with van der Waals surface area (Å²) in [5.41, 5.74) is 4.22. The molecule has 0 bridgehead atoms. The summed E-state index contributed by atoms with van der Waals surface area (Å²) >= 11 is 0. The molecule has 0 aromatic rings. The van der Waals surface area contributed by atoms with Crippen LogP contribution in [0.4, 0.5) is 0 Å². The molecule has 2 heteroatoms. The third-order valence-corrected chi connectivity index (χ3v) is 10.2. The Bertz CT molecular complexity index is 303. The molecule has 16 heavy (non-hydrogen) atoms. The lowest BCUT2D eigenvalue weighted by Crippen LogP contribution is -2.52. The zero-order valence-electron chi connectivity index (χ0n) is 11.7. The molecule has 2 aliphatic rings. The van der Waals surface area contributed by atoms with Crippen LogP contribution in [0.15, 0.2) is 11.3 Å². The molecule has 1 nitrogen and oxygen atoms in total. The van der Waals surface area contributed by atoms with Gasteiger partial charge in [-0.05, 0) is 34.9 Å². The van der Waals surface area contributed by atoms with Crippen LogP contribution in [-0.2, 0) is 4.43 Å². The summed E-state index contributed by atoms with van der Waals surface area (Å²) in [6.45, 7) is 14.2. The van der Waals surface area contributed by atoms with Crippen LogP contribution in [0.5, 0.6) is 0 Å². The Hall–Kier alpha value is -0.0831. The van der Waals surface area contributed by atoms with Gasteiger partial charge in [-0.15, -0.1) is 0 Å². The van der Waals surface area contributed by atoms with Gasteiger partial charge in [-0.3, -0.25) is 0 Å². The molecule has 0 saturated heterocycles. The lowest BCUT2D eigenvalue weighted by molar-refractivity contribution is 0.218. The van der Waals surface area contributed by atoms with Gasteiger partial charge in [0.2, 0.25) is 8.32 Å². The van der Waals surface area contributed by atoms with Crippen LogP contribution in [0.2, 0.25) is 10.1 Å². The molecule has 0 radical (unpaired) electrons. The zero-order valence-corrected chi connectivity index (χ0v) is 12.7. The van der Waals surface area contributed by atoms with Crippen LogP contribution in [0.3, 0.4) is 0 Å². The molecule has 1 aliphatic heterocycles. The second-order valence-corrected chi connectivity index (χ2v) is 12.4. The minimum Gasteiger partial charge on any atom is -0.405 e. The van der Waals surface area contributed by atoms with Gasteiger partial charge in [0.05, 0.1) is 6.10 Å². The van der Waals surface area contributed by atoms with E-state index in [1.165, 1.54) is 19.3 Å². The summed E-state index contributed by atoms with van der Waals surface area (Å²) in [5, 5.41) is 0.588. The van der Waals surface area contributed by atoms with E-state index in [1.54, 1.807) is 5.57 Å². The summed E-state index contributed by atoms with van der Waals surface area (Å²) < 4.78 is 6.65. The maximum Gasteiger partial charge on any atom is 0.228 e. The van der Waals surface area contributed by atoms with Gasteiger partial charge in [0, 0.05) is 0 Å². The highest BCUT2D eigenvalue weighted by Gasteiger charge is 2.58. The Morgan fingerprint density at radius 1 is 1.12 bits per heavy atom. The van der Waals surface area contributed by atoms with Crippen molar-refractivity contribution in [2.45, 2.75) is 77.0 Å². The predicted octanol–water partition coefficient (Wildman–Crippen LogP) is 4.58. The van der Waals surface area contributed by atoms with Crippen molar-refractivity contribution in [3.63, 3.8) is 0 Å². The van der Waals surface area contributed by atoms with Crippen molar-refractivity contribution < 1.29 is 4.43 Å². The van der Waals surface area contributed by atoms with Gasteiger partial charge in [-0.25, -0.2) is 0 Å². The van der Waals surface area contributed by atoms with E-state index in [0.717, 1.165) is 0 Å². The number of fused-ring (bicyclic) bond motifs is 1. The first-order chi connectivity index (χ1) is 7.17. The van der Waals surface area contributed by atoms with E-state index >= 15 is 0 Å². The minimum atomic E-state index is -1.79. The number of hydrogen-bond acceptors (Lipinski definition) is 1. The molecular weight excluding hydrogens is 212 g/mol. The predicted molar refractivity (Wildman–Crippen MR) is 72.0 cm³/mol. The fourth-order valence-electron chi connectivity index (χ4n) is 3.57. The SMILES string of the molecule is CC(C)(C)[Si]1(C(C)(C)C)C=C2CCC[C@H]2O1. The van der Waals surface area contributed by atoms with E-state index in [-0.39, 0.29) is 0 Å². The maximum atomic E-state index is 6.65. The van der Waals surface area contributed by atoms with Crippen molar-refractivity contribution >= 4 is 8.32 Å². The molecule has 1 atom stereocenters. The fraction of sp³-hybridized carbons (Fsp3) is 0.857. The highest BCUT2D eigenvalue weighted by Crippen LogP contribution is 2.57. The molecule has 0 N–H and O–H groups in total. The lowest BCUT2D eigenvalue weighted by Gasteiger charge is -2.47. The third-order valence-electron chi connectivity index (χ3n) is 4.29. The topological polar surface area (TPSA) is 9.23 Å². The standard InChI is InChI=1S/C14H26OSi/c1-13(2,3)16(14(4,5)6)10-11-8-7-9-12(11)15-16/h10,12H,7-9H2,1-6H3/t12-/m1/s1. The summed E-state index contributed by atoms with van der Waals surface area (Å²) in [4.78, 5) is 0. The number of rotatable bonds is 0. The monoisotopic (exact) mass is 238 g/mol. The van der Waals surface area contributed by atoms with E-state index in [9.17, 15) is 0 Å². The molecule has 0 aromatic carbocycles. The van der Waals surface area contributed by atoms with E-state index in [4.69, 9.17) is 4.43 Å². The minimum absolute atomic E-state index is 0.294. The van der Waals surface area contributed by atoms with Crippen molar-refractivity contribution in [2.75, 3.05) is 0 Å². The molecular formula is C14H26OSi. The van der Waals surface area contributed by atoms with E-state index in [2.05, 4.69) is 47.2 Å². The van der Waals surface area contributed by atoms with Crippen LogP contribution >= 0.6 is 0 Å². The van der Waals surface area contributed by atoms with Crippen LogP contribution in [0.1, 0.15) is 60.8 Å². The van der Waals surface area contributed by atoms with Gasteiger partial charge >= 0.3 is 0 Å². The van der Waals surface area contributed by atoms with E-state index in [0.29, 0.717) is 16.2 Å². The van der Waals surface area contributed by atoms with E-state index in [1.807, 2.05) is 0 Å². The second kappa shape index (κ2) is 3.46. The van der Waals surface area contributed by atoms with Gasteiger partial charge in [0.1, 0.15) is 0 Å². The molecule has 0 unspecified atom stereocenters. The summed E-state index contributed by atoms with van der Waals surface area (Å²) in [6.07, 6.45) is 4.35. The average molecular weight is 238 g/mol. The van der Waals surface area contributed by atoms with Crippen molar-refractivity contribution in [3.8, 4) is 0 Å². The van der Waals surface area contributed by atoms with Crippen LogP contribution < -0.4 is 0 Å². The van der Waals surface area contributed by atoms with Gasteiger partial charge in [-0.1, -0.05) is 47.2 Å². The Balaban J connectivity index is 2.44. The Morgan fingerprint density at radius 2 is 1.69 bits per heavy atom. The summed E-state index contributed by atoms with van der Waals surface area (Å²) in [7, 11) is -1.79. The molecule has 0 spiro atoms. The molecule has 1 fully saturated rings.